The number of alkyl halides is 3. The third-order valence-electron chi connectivity index (χ3n) is 1.80. The molecule has 1 aromatic carbocycles. The summed E-state index contributed by atoms with van der Waals surface area (Å²) in [5.74, 6) is -0.918. The summed E-state index contributed by atoms with van der Waals surface area (Å²) in [5.41, 5.74) is -0.831. The van der Waals surface area contributed by atoms with Gasteiger partial charge in [0.1, 0.15) is 0 Å². The number of rotatable bonds is 2. The Morgan fingerprint density at radius 3 is 2.59 bits per heavy atom. The van der Waals surface area contributed by atoms with Crippen LogP contribution in [-0.4, -0.2) is 11.0 Å². The zero-order chi connectivity index (χ0) is 13.1. The molecule has 0 aromatic heterocycles. The molecule has 0 aliphatic carbocycles. The van der Waals surface area contributed by atoms with E-state index in [9.17, 15) is 18.0 Å². The van der Waals surface area contributed by atoms with Crippen LogP contribution in [0.15, 0.2) is 36.1 Å². The molecule has 0 spiro atoms. The van der Waals surface area contributed by atoms with E-state index < -0.39 is 17.6 Å². The van der Waals surface area contributed by atoms with Crippen molar-refractivity contribution in [3.05, 3.63) is 41.7 Å². The summed E-state index contributed by atoms with van der Waals surface area (Å²) in [5, 5.41) is 11.0. The van der Waals surface area contributed by atoms with Crippen LogP contribution >= 0.6 is 0 Å². The number of carbonyl (C=O) groups is 1. The van der Waals surface area contributed by atoms with Gasteiger partial charge >= 0.3 is 6.18 Å². The molecule has 1 aromatic rings. The van der Waals surface area contributed by atoms with Crippen molar-refractivity contribution in [1.82, 2.24) is 0 Å². The number of allylic oxidation sites excluding steroid dienone is 1. The molecule has 3 nitrogen and oxygen atoms in total. The second-order valence-electron chi connectivity index (χ2n) is 3.35. The van der Waals surface area contributed by atoms with E-state index in [2.05, 4.69) is 5.32 Å². The maximum atomic E-state index is 12.4. The van der Waals surface area contributed by atoms with E-state index in [1.165, 1.54) is 19.1 Å². The lowest BCUT2D eigenvalue weighted by Crippen LogP contribution is -2.10. The summed E-state index contributed by atoms with van der Waals surface area (Å²) < 4.78 is 37.1. The Kier molecular flexibility index (Phi) is 3.77. The summed E-state index contributed by atoms with van der Waals surface area (Å²) in [7, 11) is 0. The predicted molar refractivity (Wildman–Crippen MR) is 56.5 cm³/mol. The van der Waals surface area contributed by atoms with Crippen LogP contribution in [-0.2, 0) is 11.0 Å². The van der Waals surface area contributed by atoms with Gasteiger partial charge in [0.2, 0.25) is 0 Å². The number of halogens is 3. The zero-order valence-corrected chi connectivity index (χ0v) is 8.88. The predicted octanol–water partition coefficient (Wildman–Crippen LogP) is 3.11. The summed E-state index contributed by atoms with van der Waals surface area (Å²) in [4.78, 5) is 11.2. The van der Waals surface area contributed by atoms with Gasteiger partial charge in [-0.25, -0.2) is 0 Å². The zero-order valence-electron chi connectivity index (χ0n) is 8.88. The van der Waals surface area contributed by atoms with E-state index in [4.69, 9.17) is 5.11 Å². The van der Waals surface area contributed by atoms with Crippen LogP contribution in [0.4, 0.5) is 18.9 Å². The van der Waals surface area contributed by atoms with E-state index in [1.807, 2.05) is 0 Å². The molecule has 1 rings (SSSR count). The van der Waals surface area contributed by atoms with Crippen molar-refractivity contribution in [2.75, 3.05) is 5.32 Å². The molecule has 0 atom stereocenters. The first-order chi connectivity index (χ1) is 7.79. The molecule has 0 saturated heterocycles. The van der Waals surface area contributed by atoms with Crippen LogP contribution in [0.5, 0.6) is 0 Å². The average Bonchev–Trinajstić information content (AvgIpc) is 2.15. The van der Waals surface area contributed by atoms with Crippen molar-refractivity contribution >= 4 is 11.6 Å². The van der Waals surface area contributed by atoms with Gasteiger partial charge in [0, 0.05) is 11.8 Å². The lowest BCUT2D eigenvalue weighted by atomic mass is 10.2. The Bertz CT molecular complexity index is 448. The number of nitrogens with one attached hydrogen (secondary N) is 1. The lowest BCUT2D eigenvalue weighted by Gasteiger charge is -2.08. The van der Waals surface area contributed by atoms with Gasteiger partial charge < -0.3 is 10.4 Å². The van der Waals surface area contributed by atoms with E-state index in [-0.39, 0.29) is 11.4 Å². The average molecular weight is 245 g/mol. The van der Waals surface area contributed by atoms with Gasteiger partial charge in [-0.2, -0.15) is 13.2 Å². The fourth-order valence-electron chi connectivity index (χ4n) is 1.14. The summed E-state index contributed by atoms with van der Waals surface area (Å²) >= 11 is 0. The Hall–Kier alpha value is -1.98. The van der Waals surface area contributed by atoms with Crippen molar-refractivity contribution in [1.29, 1.82) is 0 Å². The molecule has 0 aliphatic rings. The molecule has 6 heteroatoms. The fraction of sp³-hybridized carbons (Fsp3) is 0.182. The van der Waals surface area contributed by atoms with Crippen LogP contribution < -0.4 is 5.32 Å². The van der Waals surface area contributed by atoms with Gasteiger partial charge in [-0.3, -0.25) is 4.79 Å². The highest BCUT2D eigenvalue weighted by Crippen LogP contribution is 2.30. The molecular formula is C11H10F3NO2. The van der Waals surface area contributed by atoms with Gasteiger partial charge in [-0.15, -0.1) is 0 Å². The first-order valence-electron chi connectivity index (χ1n) is 4.64. The van der Waals surface area contributed by atoms with Gasteiger partial charge in [0.25, 0.3) is 5.91 Å². The summed E-state index contributed by atoms with van der Waals surface area (Å²) in [6, 6.07) is 4.24. The molecular weight excluding hydrogens is 235 g/mol. The number of anilines is 1. The number of carbonyl (C=O) groups excluding carboxylic acids is 1. The van der Waals surface area contributed by atoms with E-state index in [1.54, 1.807) is 0 Å². The molecule has 0 aliphatic heterocycles. The maximum absolute atomic E-state index is 12.4. The Balaban J connectivity index is 2.87. The molecule has 0 heterocycles. The number of benzene rings is 1. The lowest BCUT2D eigenvalue weighted by molar-refractivity contribution is -0.137. The minimum Gasteiger partial charge on any atom is -0.512 e. The molecule has 2 N–H and O–H groups in total. The Labute approximate surface area is 95.6 Å². The largest absolute Gasteiger partial charge is 0.512 e. The van der Waals surface area contributed by atoms with Gasteiger partial charge in [0.15, 0.2) is 0 Å². The highest BCUT2D eigenvalue weighted by molar-refractivity contribution is 5.99. The monoisotopic (exact) mass is 245 g/mol. The smallest absolute Gasteiger partial charge is 0.416 e. The second-order valence-corrected chi connectivity index (χ2v) is 3.35. The molecule has 1 amide bonds. The van der Waals surface area contributed by atoms with Crippen molar-refractivity contribution in [2.45, 2.75) is 13.1 Å². The molecule has 0 radical (unpaired) electrons. The maximum Gasteiger partial charge on any atom is 0.416 e. The molecule has 17 heavy (non-hydrogen) atoms. The molecule has 0 unspecified atom stereocenters. The van der Waals surface area contributed by atoms with Gasteiger partial charge in [-0.05, 0) is 25.1 Å². The number of hydrogen-bond acceptors (Lipinski definition) is 2. The normalized spacial score (nSPS) is 12.4. The van der Waals surface area contributed by atoms with Crippen molar-refractivity contribution < 1.29 is 23.1 Å². The van der Waals surface area contributed by atoms with Crippen LogP contribution in [0.25, 0.3) is 0 Å². The minimum atomic E-state index is -4.45. The van der Waals surface area contributed by atoms with Crippen molar-refractivity contribution in [3.63, 3.8) is 0 Å². The van der Waals surface area contributed by atoms with Crippen molar-refractivity contribution in [2.24, 2.45) is 0 Å². The SMILES string of the molecule is CC(O)=CC(=O)Nc1cccc(C(F)(F)F)c1. The first-order valence-corrected chi connectivity index (χ1v) is 4.64. The Morgan fingerprint density at radius 1 is 1.41 bits per heavy atom. The van der Waals surface area contributed by atoms with Crippen LogP contribution in [0.1, 0.15) is 12.5 Å². The first kappa shape index (κ1) is 13.1. The molecule has 0 bridgehead atoms. The van der Waals surface area contributed by atoms with Crippen LogP contribution in [0.2, 0.25) is 0 Å². The molecule has 0 fully saturated rings. The van der Waals surface area contributed by atoms with Crippen LogP contribution in [0, 0.1) is 0 Å². The Morgan fingerprint density at radius 2 is 2.06 bits per heavy atom. The highest BCUT2D eigenvalue weighted by atomic mass is 19.4. The van der Waals surface area contributed by atoms with E-state index in [0.29, 0.717) is 0 Å². The fourth-order valence-corrected chi connectivity index (χ4v) is 1.14. The second kappa shape index (κ2) is 4.90. The molecule has 92 valence electrons. The van der Waals surface area contributed by atoms with Crippen molar-refractivity contribution in [3.8, 4) is 0 Å². The third-order valence-corrected chi connectivity index (χ3v) is 1.80. The number of aliphatic hydroxyl groups excluding tert-OH is 1. The van der Waals surface area contributed by atoms with Gasteiger partial charge in [0.05, 0.1) is 11.3 Å². The molecule has 0 saturated carbocycles. The minimum absolute atomic E-state index is 0.0160. The van der Waals surface area contributed by atoms with Crippen LogP contribution in [0.3, 0.4) is 0 Å². The topological polar surface area (TPSA) is 49.3 Å². The number of hydrogen-bond donors (Lipinski definition) is 2. The quantitative estimate of drug-likeness (QED) is 0.621. The van der Waals surface area contributed by atoms with E-state index in [0.717, 1.165) is 18.2 Å². The highest BCUT2D eigenvalue weighted by Gasteiger charge is 2.30. The standard InChI is InChI=1S/C11H10F3NO2/c1-7(16)5-10(17)15-9-4-2-3-8(6-9)11(12,13)14/h2-6,16H,1H3,(H,15,17). The third kappa shape index (κ3) is 4.18. The van der Waals surface area contributed by atoms with E-state index >= 15 is 0 Å². The summed E-state index contributed by atoms with van der Waals surface area (Å²) in [6.45, 7) is 1.28. The number of aliphatic hydroxyl groups is 1. The number of amides is 1. The summed E-state index contributed by atoms with van der Waals surface area (Å²) in [6.07, 6.45) is -3.58. The van der Waals surface area contributed by atoms with Gasteiger partial charge in [-0.1, -0.05) is 6.07 Å².